The molecule has 2 heterocycles. The van der Waals surface area contributed by atoms with Crippen LogP contribution in [0.25, 0.3) is 0 Å². The van der Waals surface area contributed by atoms with E-state index < -0.39 is 5.60 Å². The number of thioether (sulfide) groups is 1. The van der Waals surface area contributed by atoms with E-state index in [0.29, 0.717) is 5.92 Å². The molecule has 2 saturated heterocycles. The van der Waals surface area contributed by atoms with Crippen LogP contribution in [-0.2, 0) is 0 Å². The van der Waals surface area contributed by atoms with Gasteiger partial charge in [-0.3, -0.25) is 0 Å². The maximum absolute atomic E-state index is 10.1. The van der Waals surface area contributed by atoms with Gasteiger partial charge in [-0.2, -0.15) is 11.8 Å². The van der Waals surface area contributed by atoms with E-state index in [-0.39, 0.29) is 0 Å². The lowest BCUT2D eigenvalue weighted by molar-refractivity contribution is 0.00927. The molecule has 13 heavy (non-hydrogen) atoms. The van der Waals surface area contributed by atoms with Crippen LogP contribution in [0.5, 0.6) is 0 Å². The van der Waals surface area contributed by atoms with Gasteiger partial charge in [0.2, 0.25) is 0 Å². The molecule has 0 radical (unpaired) electrons. The normalized spacial score (nSPS) is 42.5. The summed E-state index contributed by atoms with van der Waals surface area (Å²) in [6.07, 6.45) is 2.60. The van der Waals surface area contributed by atoms with E-state index >= 15 is 0 Å². The second kappa shape index (κ2) is 3.79. The average molecular weight is 201 g/mol. The lowest BCUT2D eigenvalue weighted by atomic mass is 9.79. The Morgan fingerprint density at radius 2 is 2.08 bits per heavy atom. The molecule has 0 amide bonds. The summed E-state index contributed by atoms with van der Waals surface area (Å²) < 4.78 is 0. The first-order valence-corrected chi connectivity index (χ1v) is 6.36. The first kappa shape index (κ1) is 9.81. The molecule has 0 aromatic rings. The fourth-order valence-corrected chi connectivity index (χ4v) is 3.77. The molecular weight excluding hydrogens is 182 g/mol. The molecule has 2 aliphatic heterocycles. The molecule has 2 aliphatic rings. The number of aliphatic hydroxyl groups is 1. The number of β-amino-alcohol motifs (C(OH)–C–C–N with tert-alkyl or cyclic N) is 1. The maximum Gasteiger partial charge on any atom is 0.0786 e. The van der Waals surface area contributed by atoms with Crippen molar-refractivity contribution in [3.8, 4) is 0 Å². The highest BCUT2D eigenvalue weighted by Gasteiger charge is 2.41. The van der Waals surface area contributed by atoms with Crippen LogP contribution < -0.4 is 5.32 Å². The van der Waals surface area contributed by atoms with Crippen molar-refractivity contribution in [2.75, 3.05) is 24.6 Å². The predicted molar refractivity (Wildman–Crippen MR) is 57.0 cm³/mol. The lowest BCUT2D eigenvalue weighted by Crippen LogP contribution is -2.39. The summed E-state index contributed by atoms with van der Waals surface area (Å²) in [4.78, 5) is 0. The van der Waals surface area contributed by atoms with Crippen molar-refractivity contribution in [2.45, 2.75) is 25.4 Å². The molecule has 2 nitrogen and oxygen atoms in total. The number of rotatable bonds is 1. The van der Waals surface area contributed by atoms with Crippen LogP contribution in [0.1, 0.15) is 19.8 Å². The first-order chi connectivity index (χ1) is 6.20. The average Bonchev–Trinajstić information content (AvgIpc) is 2.47. The summed E-state index contributed by atoms with van der Waals surface area (Å²) in [5.41, 5.74) is -0.452. The Bertz CT molecular complexity index is 178. The third kappa shape index (κ3) is 2.03. The van der Waals surface area contributed by atoms with E-state index in [9.17, 15) is 5.11 Å². The molecule has 2 fully saturated rings. The summed E-state index contributed by atoms with van der Waals surface area (Å²) in [5, 5.41) is 13.4. The van der Waals surface area contributed by atoms with Crippen molar-refractivity contribution in [1.82, 2.24) is 5.32 Å². The molecule has 76 valence electrons. The second-order valence-electron chi connectivity index (χ2n) is 4.54. The highest BCUT2D eigenvalue weighted by molar-refractivity contribution is 7.99. The minimum Gasteiger partial charge on any atom is -0.389 e. The van der Waals surface area contributed by atoms with Crippen molar-refractivity contribution in [3.05, 3.63) is 0 Å². The van der Waals surface area contributed by atoms with E-state index in [2.05, 4.69) is 17.1 Å². The molecule has 2 atom stereocenters. The summed E-state index contributed by atoms with van der Waals surface area (Å²) in [6, 6.07) is 0. The second-order valence-corrected chi connectivity index (χ2v) is 5.77. The minimum atomic E-state index is -0.452. The molecule has 3 heteroatoms. The van der Waals surface area contributed by atoms with Crippen LogP contribution in [0, 0.1) is 11.8 Å². The van der Waals surface area contributed by atoms with Crippen molar-refractivity contribution >= 4 is 11.8 Å². The highest BCUT2D eigenvalue weighted by atomic mass is 32.2. The third-order valence-corrected chi connectivity index (χ3v) is 4.53. The molecular formula is C10H19NOS. The largest absolute Gasteiger partial charge is 0.389 e. The quantitative estimate of drug-likeness (QED) is 0.666. The molecule has 2 rings (SSSR count). The van der Waals surface area contributed by atoms with Gasteiger partial charge in [0.15, 0.2) is 0 Å². The van der Waals surface area contributed by atoms with Gasteiger partial charge in [0, 0.05) is 19.0 Å². The zero-order valence-electron chi connectivity index (χ0n) is 8.25. The van der Waals surface area contributed by atoms with Gasteiger partial charge in [0.1, 0.15) is 0 Å². The van der Waals surface area contributed by atoms with Gasteiger partial charge in [0.25, 0.3) is 0 Å². The van der Waals surface area contributed by atoms with Gasteiger partial charge < -0.3 is 10.4 Å². The third-order valence-electron chi connectivity index (χ3n) is 3.48. The van der Waals surface area contributed by atoms with Gasteiger partial charge in [-0.15, -0.1) is 0 Å². The van der Waals surface area contributed by atoms with Gasteiger partial charge >= 0.3 is 0 Å². The van der Waals surface area contributed by atoms with Crippen molar-refractivity contribution in [1.29, 1.82) is 0 Å². The number of hydrogen-bond donors (Lipinski definition) is 2. The summed E-state index contributed by atoms with van der Waals surface area (Å²) in [5.74, 6) is 3.83. The van der Waals surface area contributed by atoms with Crippen LogP contribution in [0.4, 0.5) is 0 Å². The van der Waals surface area contributed by atoms with Crippen LogP contribution in [0.2, 0.25) is 0 Å². The van der Waals surface area contributed by atoms with Crippen molar-refractivity contribution in [3.63, 3.8) is 0 Å². The first-order valence-electron chi connectivity index (χ1n) is 5.21. The zero-order chi connectivity index (χ0) is 9.31. The minimum absolute atomic E-state index is 0.452. The Labute approximate surface area is 84.5 Å². The number of hydrogen-bond acceptors (Lipinski definition) is 3. The summed E-state index contributed by atoms with van der Waals surface area (Å²) in [6.45, 7) is 3.78. The van der Waals surface area contributed by atoms with Gasteiger partial charge in [-0.25, -0.2) is 0 Å². The number of nitrogens with one attached hydrogen (secondary N) is 1. The van der Waals surface area contributed by atoms with Gasteiger partial charge in [-0.1, -0.05) is 0 Å². The Morgan fingerprint density at radius 1 is 1.38 bits per heavy atom. The zero-order valence-corrected chi connectivity index (χ0v) is 9.07. The molecule has 0 aromatic heterocycles. The Kier molecular flexibility index (Phi) is 2.86. The van der Waals surface area contributed by atoms with Gasteiger partial charge in [-0.05, 0) is 37.2 Å². The Balaban J connectivity index is 1.98. The standard InChI is InChI=1S/C10H19NOS/c1-10(12)7-11-6-9(10)8-2-4-13-5-3-8/h8-9,11-12H,2-7H2,1H3. The van der Waals surface area contributed by atoms with Crippen LogP contribution in [0.15, 0.2) is 0 Å². The van der Waals surface area contributed by atoms with E-state index in [1.165, 1.54) is 24.3 Å². The van der Waals surface area contributed by atoms with E-state index in [1.54, 1.807) is 0 Å². The maximum atomic E-state index is 10.1. The summed E-state index contributed by atoms with van der Waals surface area (Å²) in [7, 11) is 0. The monoisotopic (exact) mass is 201 g/mol. The van der Waals surface area contributed by atoms with Crippen LogP contribution >= 0.6 is 11.8 Å². The van der Waals surface area contributed by atoms with Crippen LogP contribution in [0.3, 0.4) is 0 Å². The predicted octanol–water partition coefficient (Wildman–Crippen LogP) is 1.10. The molecule has 2 N–H and O–H groups in total. The highest BCUT2D eigenvalue weighted by Crippen LogP contribution is 2.36. The van der Waals surface area contributed by atoms with E-state index in [1.807, 2.05) is 6.92 Å². The molecule has 2 unspecified atom stereocenters. The fraction of sp³-hybridized carbons (Fsp3) is 1.00. The van der Waals surface area contributed by atoms with E-state index in [0.717, 1.165) is 19.0 Å². The Morgan fingerprint density at radius 3 is 2.62 bits per heavy atom. The summed E-state index contributed by atoms with van der Waals surface area (Å²) >= 11 is 2.06. The molecule has 0 spiro atoms. The van der Waals surface area contributed by atoms with Crippen molar-refractivity contribution in [2.24, 2.45) is 11.8 Å². The molecule has 0 saturated carbocycles. The van der Waals surface area contributed by atoms with E-state index in [4.69, 9.17) is 0 Å². The molecule has 0 aliphatic carbocycles. The smallest absolute Gasteiger partial charge is 0.0786 e. The molecule has 0 bridgehead atoms. The topological polar surface area (TPSA) is 32.3 Å². The molecule has 0 aromatic carbocycles. The van der Waals surface area contributed by atoms with Crippen molar-refractivity contribution < 1.29 is 5.11 Å². The van der Waals surface area contributed by atoms with Crippen LogP contribution in [-0.4, -0.2) is 35.3 Å². The fourth-order valence-electron chi connectivity index (χ4n) is 2.62. The SMILES string of the molecule is CC1(O)CNCC1C1CCSCC1. The lowest BCUT2D eigenvalue weighted by Gasteiger charge is -2.34. The Hall–Kier alpha value is 0.270. The van der Waals surface area contributed by atoms with Gasteiger partial charge in [0.05, 0.1) is 5.60 Å².